The quantitative estimate of drug-likeness (QED) is 0.758. The van der Waals surface area contributed by atoms with E-state index in [-0.39, 0.29) is 0 Å². The van der Waals surface area contributed by atoms with Gasteiger partial charge in [-0.1, -0.05) is 19.3 Å². The Balaban J connectivity index is 2.85. The minimum atomic E-state index is -3.94. The van der Waals surface area contributed by atoms with Crippen molar-refractivity contribution in [2.45, 2.75) is 39.0 Å². The highest BCUT2D eigenvalue weighted by Gasteiger charge is 2.27. The van der Waals surface area contributed by atoms with Gasteiger partial charge in [0.15, 0.2) is 0 Å². The highest BCUT2D eigenvalue weighted by molar-refractivity contribution is 7.93. The second kappa shape index (κ2) is 5.72. The molecule has 1 fully saturated rings. The molecule has 0 unspecified atom stereocenters. The Kier molecular flexibility index (Phi) is 4.86. The number of sulfonamides is 1. The van der Waals surface area contributed by atoms with Gasteiger partial charge in [-0.3, -0.25) is 0 Å². The monoisotopic (exact) mass is 253 g/mol. The lowest BCUT2D eigenvalue weighted by Crippen LogP contribution is -2.34. The molecule has 1 rings (SSSR count). The summed E-state index contributed by atoms with van der Waals surface area (Å²) in [7, 11) is -3.94. The van der Waals surface area contributed by atoms with E-state index in [1.807, 2.05) is 0 Å². The molecule has 0 aliphatic carbocycles. The van der Waals surface area contributed by atoms with Gasteiger partial charge in [0.25, 0.3) is 6.08 Å². The van der Waals surface area contributed by atoms with Gasteiger partial charge in [0.2, 0.25) is 10.0 Å². The van der Waals surface area contributed by atoms with Crippen molar-refractivity contribution in [3.8, 4) is 0 Å². The molecule has 0 saturated carbocycles. The Morgan fingerprint density at radius 1 is 1.00 bits per heavy atom. The number of nitrogens with zero attached hydrogens (tertiary/aromatic N) is 1. The van der Waals surface area contributed by atoms with Crippen molar-refractivity contribution in [3.05, 3.63) is 11.0 Å². The normalized spacial score (nSPS) is 19.9. The van der Waals surface area contributed by atoms with Crippen molar-refractivity contribution < 1.29 is 17.2 Å². The fourth-order valence-corrected chi connectivity index (χ4v) is 3.07. The molecule has 0 bridgehead atoms. The molecule has 0 spiro atoms. The Morgan fingerprint density at radius 3 is 1.88 bits per heavy atom. The average molecular weight is 253 g/mol. The summed E-state index contributed by atoms with van der Waals surface area (Å²) in [5.74, 6) is 0. The van der Waals surface area contributed by atoms with Crippen LogP contribution < -0.4 is 0 Å². The zero-order valence-corrected chi connectivity index (χ0v) is 10.2. The van der Waals surface area contributed by atoms with Gasteiger partial charge in [0, 0.05) is 13.1 Å². The summed E-state index contributed by atoms with van der Waals surface area (Å²) < 4.78 is 49.4. The van der Waals surface area contributed by atoms with E-state index in [0.717, 1.165) is 39.0 Å². The summed E-state index contributed by atoms with van der Waals surface area (Å²) in [6.07, 6.45) is 2.42. The van der Waals surface area contributed by atoms with Crippen LogP contribution in [0.15, 0.2) is 11.0 Å². The Bertz CT molecular complexity index is 353. The number of rotatable bonds is 2. The van der Waals surface area contributed by atoms with E-state index in [1.54, 1.807) is 0 Å². The Hall–Kier alpha value is -0.490. The van der Waals surface area contributed by atoms with Crippen molar-refractivity contribution in [1.29, 1.82) is 0 Å². The van der Waals surface area contributed by atoms with E-state index in [9.17, 15) is 17.2 Å². The molecule has 1 saturated heterocycles. The summed E-state index contributed by atoms with van der Waals surface area (Å²) in [6.45, 7) is 1.67. The lowest BCUT2D eigenvalue weighted by atomic mass is 10.1. The van der Waals surface area contributed by atoms with E-state index in [1.165, 1.54) is 4.31 Å². The smallest absolute Gasteiger partial charge is 0.207 e. The van der Waals surface area contributed by atoms with Gasteiger partial charge in [-0.2, -0.15) is 13.1 Å². The summed E-state index contributed by atoms with van der Waals surface area (Å²) >= 11 is 0. The fraction of sp³-hybridized carbons (Fsp3) is 0.800. The van der Waals surface area contributed by atoms with Crippen LogP contribution in [0.5, 0.6) is 0 Å². The standard InChI is InChI=1S/C10H17F2NO2S/c1-9(10(11)12)16(14,15)13-7-5-3-2-4-6-8-13/h2-8H2,1H3. The van der Waals surface area contributed by atoms with Gasteiger partial charge < -0.3 is 0 Å². The van der Waals surface area contributed by atoms with Crippen LogP contribution in [-0.4, -0.2) is 25.8 Å². The molecular weight excluding hydrogens is 236 g/mol. The molecular formula is C10H17F2NO2S. The predicted molar refractivity (Wildman–Crippen MR) is 58.5 cm³/mol. The molecule has 1 aliphatic heterocycles. The minimum absolute atomic E-state index is 0.354. The maximum atomic E-state index is 12.3. The summed E-state index contributed by atoms with van der Waals surface area (Å²) in [6, 6.07) is 0. The first-order valence-electron chi connectivity index (χ1n) is 5.48. The summed E-state index contributed by atoms with van der Waals surface area (Å²) in [5, 5.41) is 0. The molecule has 1 aliphatic rings. The molecule has 3 nitrogen and oxygen atoms in total. The number of hydrogen-bond acceptors (Lipinski definition) is 2. The third kappa shape index (κ3) is 3.25. The lowest BCUT2D eigenvalue weighted by molar-refractivity contribution is 0.363. The maximum Gasteiger partial charge on any atom is 0.285 e. The van der Waals surface area contributed by atoms with E-state index >= 15 is 0 Å². The van der Waals surface area contributed by atoms with Crippen LogP contribution >= 0.6 is 0 Å². The van der Waals surface area contributed by atoms with Crippen LogP contribution in [0.2, 0.25) is 0 Å². The topological polar surface area (TPSA) is 37.4 Å². The molecule has 94 valence electrons. The van der Waals surface area contributed by atoms with Crippen molar-refractivity contribution in [2.24, 2.45) is 0 Å². The van der Waals surface area contributed by atoms with E-state index in [2.05, 4.69) is 0 Å². The Morgan fingerprint density at radius 2 is 1.44 bits per heavy atom. The lowest BCUT2D eigenvalue weighted by Gasteiger charge is -2.23. The van der Waals surface area contributed by atoms with Crippen LogP contribution in [0.4, 0.5) is 8.78 Å². The van der Waals surface area contributed by atoms with Crippen LogP contribution in [0, 0.1) is 0 Å². The molecule has 6 heteroatoms. The van der Waals surface area contributed by atoms with Crippen LogP contribution in [0.25, 0.3) is 0 Å². The SMILES string of the molecule is CC(=C(F)F)S(=O)(=O)N1CCCCCCC1. The molecule has 0 N–H and O–H groups in total. The van der Waals surface area contributed by atoms with Gasteiger partial charge in [-0.05, 0) is 19.8 Å². The van der Waals surface area contributed by atoms with Crippen molar-refractivity contribution in [1.82, 2.24) is 4.31 Å². The number of allylic oxidation sites excluding steroid dienone is 1. The number of halogens is 2. The third-order valence-electron chi connectivity index (χ3n) is 2.81. The molecule has 0 aromatic rings. The average Bonchev–Trinajstić information content (AvgIpc) is 2.15. The predicted octanol–water partition coefficient (Wildman–Crippen LogP) is 2.71. The molecule has 0 aromatic carbocycles. The first-order valence-corrected chi connectivity index (χ1v) is 6.92. The van der Waals surface area contributed by atoms with Crippen molar-refractivity contribution >= 4 is 10.0 Å². The number of hydrogen-bond donors (Lipinski definition) is 0. The zero-order chi connectivity index (χ0) is 12.2. The largest absolute Gasteiger partial charge is 0.285 e. The zero-order valence-electron chi connectivity index (χ0n) is 9.38. The molecule has 16 heavy (non-hydrogen) atoms. The highest BCUT2D eigenvalue weighted by Crippen LogP contribution is 2.21. The second-order valence-electron chi connectivity index (χ2n) is 3.99. The molecule has 0 amide bonds. The maximum absolute atomic E-state index is 12.3. The molecule has 0 radical (unpaired) electrons. The van der Waals surface area contributed by atoms with Gasteiger partial charge in [0.05, 0.1) is 0 Å². The third-order valence-corrected chi connectivity index (χ3v) is 4.78. The second-order valence-corrected chi connectivity index (χ2v) is 6.07. The van der Waals surface area contributed by atoms with E-state index in [4.69, 9.17) is 0 Å². The Labute approximate surface area is 95.2 Å². The van der Waals surface area contributed by atoms with E-state index < -0.39 is 21.0 Å². The first kappa shape index (κ1) is 13.6. The van der Waals surface area contributed by atoms with Crippen molar-refractivity contribution in [2.75, 3.05) is 13.1 Å². The molecule has 0 atom stereocenters. The van der Waals surface area contributed by atoms with Crippen LogP contribution in [-0.2, 0) is 10.0 Å². The summed E-state index contributed by atoms with van der Waals surface area (Å²) in [5.41, 5.74) is 0. The van der Waals surface area contributed by atoms with Gasteiger partial charge in [0.1, 0.15) is 4.91 Å². The first-order chi connectivity index (χ1) is 7.46. The van der Waals surface area contributed by atoms with Crippen LogP contribution in [0.1, 0.15) is 39.0 Å². The van der Waals surface area contributed by atoms with Crippen molar-refractivity contribution in [3.63, 3.8) is 0 Å². The van der Waals surface area contributed by atoms with Gasteiger partial charge >= 0.3 is 0 Å². The molecule has 1 heterocycles. The fourth-order valence-electron chi connectivity index (χ4n) is 1.75. The van der Waals surface area contributed by atoms with Gasteiger partial charge in [-0.15, -0.1) is 0 Å². The highest BCUT2D eigenvalue weighted by atomic mass is 32.2. The molecule has 0 aromatic heterocycles. The van der Waals surface area contributed by atoms with E-state index in [0.29, 0.717) is 13.1 Å². The van der Waals surface area contributed by atoms with Crippen LogP contribution in [0.3, 0.4) is 0 Å². The summed E-state index contributed by atoms with van der Waals surface area (Å²) in [4.78, 5) is -0.812. The minimum Gasteiger partial charge on any atom is -0.207 e. The van der Waals surface area contributed by atoms with Gasteiger partial charge in [-0.25, -0.2) is 8.42 Å².